The van der Waals surface area contributed by atoms with Crippen molar-refractivity contribution in [3.8, 4) is 0 Å². The maximum Gasteiger partial charge on any atom is 0.0969 e. The van der Waals surface area contributed by atoms with Crippen molar-refractivity contribution in [2.75, 3.05) is 13.3 Å². The third kappa shape index (κ3) is 8.26. The van der Waals surface area contributed by atoms with Gasteiger partial charge >= 0.3 is 0 Å². The van der Waals surface area contributed by atoms with Crippen LogP contribution in [-0.2, 0) is 4.74 Å². The minimum absolute atomic E-state index is 0.360. The fourth-order valence-electron chi connectivity index (χ4n) is 0.955. The minimum atomic E-state index is 0.360. The van der Waals surface area contributed by atoms with Crippen molar-refractivity contribution >= 4 is 0 Å². The van der Waals surface area contributed by atoms with Crippen LogP contribution in [0.2, 0.25) is 0 Å². The predicted octanol–water partition coefficient (Wildman–Crippen LogP) is 2.78. The number of nitrogens with one attached hydrogen (secondary N) is 1. The van der Waals surface area contributed by atoms with E-state index in [1.54, 1.807) is 0 Å². The molecular weight excluding hydrogens is 162 g/mol. The second-order valence-corrected chi connectivity index (χ2v) is 3.97. The maximum atomic E-state index is 5.57. The molecule has 2 heteroatoms. The second kappa shape index (κ2) is 8.52. The molecule has 0 aliphatic carbocycles. The molecule has 0 fully saturated rings. The summed E-state index contributed by atoms with van der Waals surface area (Å²) in [4.78, 5) is 0. The fourth-order valence-corrected chi connectivity index (χ4v) is 0.955. The molecule has 0 aliphatic heterocycles. The standard InChI is InChI=1S/C11H25NO/c1-5-6-7-8-12-9-13-11(4)10(2)3/h10-12H,5-9H2,1-4H3. The Labute approximate surface area is 83.1 Å². The molecule has 0 aliphatic rings. The number of hydrogen-bond acceptors (Lipinski definition) is 2. The van der Waals surface area contributed by atoms with Gasteiger partial charge in [0.2, 0.25) is 0 Å². The first kappa shape index (κ1) is 12.9. The van der Waals surface area contributed by atoms with E-state index in [-0.39, 0.29) is 0 Å². The molecule has 0 bridgehead atoms. The van der Waals surface area contributed by atoms with Gasteiger partial charge in [-0.1, -0.05) is 33.6 Å². The Morgan fingerprint density at radius 2 is 1.85 bits per heavy atom. The van der Waals surface area contributed by atoms with Crippen LogP contribution in [0.1, 0.15) is 47.0 Å². The molecule has 0 aromatic heterocycles. The van der Waals surface area contributed by atoms with E-state index in [4.69, 9.17) is 4.74 Å². The molecule has 0 spiro atoms. The highest BCUT2D eigenvalue weighted by atomic mass is 16.5. The molecule has 0 saturated carbocycles. The molecule has 0 amide bonds. The van der Waals surface area contributed by atoms with E-state index in [0.29, 0.717) is 18.8 Å². The molecule has 2 nitrogen and oxygen atoms in total. The molecule has 0 heterocycles. The Bertz CT molecular complexity index is 104. The van der Waals surface area contributed by atoms with Crippen molar-refractivity contribution < 1.29 is 4.74 Å². The summed E-state index contributed by atoms with van der Waals surface area (Å²) in [5.41, 5.74) is 0. The van der Waals surface area contributed by atoms with E-state index in [9.17, 15) is 0 Å². The first-order chi connectivity index (χ1) is 6.18. The van der Waals surface area contributed by atoms with Crippen LogP contribution in [0.15, 0.2) is 0 Å². The van der Waals surface area contributed by atoms with Crippen molar-refractivity contribution in [2.24, 2.45) is 5.92 Å². The zero-order chi connectivity index (χ0) is 10.1. The number of rotatable bonds is 8. The third-order valence-corrected chi connectivity index (χ3v) is 2.34. The fraction of sp³-hybridized carbons (Fsp3) is 1.00. The average Bonchev–Trinajstić information content (AvgIpc) is 2.10. The van der Waals surface area contributed by atoms with Crippen LogP contribution in [0.3, 0.4) is 0 Å². The van der Waals surface area contributed by atoms with Crippen molar-refractivity contribution in [2.45, 2.75) is 53.1 Å². The van der Waals surface area contributed by atoms with Gasteiger partial charge in [-0.25, -0.2) is 0 Å². The summed E-state index contributed by atoms with van der Waals surface area (Å²) in [5.74, 6) is 0.609. The Morgan fingerprint density at radius 1 is 1.15 bits per heavy atom. The van der Waals surface area contributed by atoms with Crippen molar-refractivity contribution in [1.29, 1.82) is 0 Å². The van der Waals surface area contributed by atoms with Crippen LogP contribution >= 0.6 is 0 Å². The van der Waals surface area contributed by atoms with Crippen molar-refractivity contribution in [3.05, 3.63) is 0 Å². The van der Waals surface area contributed by atoms with Gasteiger partial charge < -0.3 is 4.74 Å². The second-order valence-electron chi connectivity index (χ2n) is 3.97. The lowest BCUT2D eigenvalue weighted by Crippen LogP contribution is -2.25. The van der Waals surface area contributed by atoms with Crippen LogP contribution in [0.5, 0.6) is 0 Å². The summed E-state index contributed by atoms with van der Waals surface area (Å²) in [7, 11) is 0. The molecule has 0 rings (SSSR count). The molecule has 1 atom stereocenters. The highest BCUT2D eigenvalue weighted by molar-refractivity contribution is 4.54. The zero-order valence-electron chi connectivity index (χ0n) is 9.60. The van der Waals surface area contributed by atoms with Crippen LogP contribution in [-0.4, -0.2) is 19.4 Å². The van der Waals surface area contributed by atoms with Crippen molar-refractivity contribution in [1.82, 2.24) is 5.32 Å². The normalized spacial score (nSPS) is 13.6. The highest BCUT2D eigenvalue weighted by Gasteiger charge is 2.05. The lowest BCUT2D eigenvalue weighted by Gasteiger charge is -2.16. The molecular formula is C11H25NO. The Morgan fingerprint density at radius 3 is 2.38 bits per heavy atom. The third-order valence-electron chi connectivity index (χ3n) is 2.34. The van der Waals surface area contributed by atoms with Gasteiger partial charge in [-0.05, 0) is 25.8 Å². The van der Waals surface area contributed by atoms with E-state index in [1.165, 1.54) is 19.3 Å². The summed E-state index contributed by atoms with van der Waals surface area (Å²) in [6, 6.07) is 0. The van der Waals surface area contributed by atoms with Gasteiger partial charge in [0.25, 0.3) is 0 Å². The average molecular weight is 187 g/mol. The SMILES string of the molecule is CCCCCNCOC(C)C(C)C. The van der Waals surface area contributed by atoms with Gasteiger partial charge in [0.05, 0.1) is 12.8 Å². The van der Waals surface area contributed by atoms with Gasteiger partial charge in [-0.3, -0.25) is 5.32 Å². The molecule has 1 unspecified atom stereocenters. The predicted molar refractivity (Wildman–Crippen MR) is 57.8 cm³/mol. The molecule has 0 radical (unpaired) electrons. The van der Waals surface area contributed by atoms with Crippen LogP contribution in [0, 0.1) is 5.92 Å². The summed E-state index contributed by atoms with van der Waals surface area (Å²) in [6.45, 7) is 10.5. The van der Waals surface area contributed by atoms with E-state index in [2.05, 4.69) is 33.0 Å². The molecule has 0 saturated heterocycles. The quantitative estimate of drug-likeness (QED) is 0.466. The molecule has 13 heavy (non-hydrogen) atoms. The molecule has 1 N–H and O–H groups in total. The Balaban J connectivity index is 3.07. The molecule has 0 aromatic carbocycles. The zero-order valence-corrected chi connectivity index (χ0v) is 9.60. The number of hydrogen-bond donors (Lipinski definition) is 1. The van der Waals surface area contributed by atoms with Gasteiger partial charge in [-0.2, -0.15) is 0 Å². The smallest absolute Gasteiger partial charge is 0.0969 e. The van der Waals surface area contributed by atoms with Crippen LogP contribution in [0.25, 0.3) is 0 Å². The van der Waals surface area contributed by atoms with E-state index < -0.39 is 0 Å². The highest BCUT2D eigenvalue weighted by Crippen LogP contribution is 2.03. The van der Waals surface area contributed by atoms with Gasteiger partial charge in [0, 0.05) is 0 Å². The van der Waals surface area contributed by atoms with Crippen LogP contribution < -0.4 is 5.32 Å². The molecule has 80 valence electrons. The molecule has 0 aromatic rings. The van der Waals surface area contributed by atoms with Crippen LogP contribution in [0.4, 0.5) is 0 Å². The van der Waals surface area contributed by atoms with E-state index >= 15 is 0 Å². The van der Waals surface area contributed by atoms with Gasteiger partial charge in [-0.15, -0.1) is 0 Å². The lowest BCUT2D eigenvalue weighted by molar-refractivity contribution is 0.0241. The lowest BCUT2D eigenvalue weighted by atomic mass is 10.1. The van der Waals surface area contributed by atoms with Crippen molar-refractivity contribution in [3.63, 3.8) is 0 Å². The van der Waals surface area contributed by atoms with E-state index in [0.717, 1.165) is 6.54 Å². The topological polar surface area (TPSA) is 21.3 Å². The first-order valence-electron chi connectivity index (χ1n) is 5.50. The van der Waals surface area contributed by atoms with Gasteiger partial charge in [0.15, 0.2) is 0 Å². The summed E-state index contributed by atoms with van der Waals surface area (Å²) in [6.07, 6.45) is 4.21. The first-order valence-corrected chi connectivity index (χ1v) is 5.50. The minimum Gasteiger partial charge on any atom is -0.363 e. The number of ether oxygens (including phenoxy) is 1. The monoisotopic (exact) mass is 187 g/mol. The van der Waals surface area contributed by atoms with E-state index in [1.807, 2.05) is 0 Å². The summed E-state index contributed by atoms with van der Waals surface area (Å²) in [5, 5.41) is 3.28. The van der Waals surface area contributed by atoms with Gasteiger partial charge in [0.1, 0.15) is 0 Å². The summed E-state index contributed by atoms with van der Waals surface area (Å²) >= 11 is 0. The number of unbranched alkanes of at least 4 members (excludes halogenated alkanes) is 2. The maximum absolute atomic E-state index is 5.57. The largest absolute Gasteiger partial charge is 0.363 e. The Hall–Kier alpha value is -0.0800. The summed E-state index contributed by atoms with van der Waals surface area (Å²) < 4.78 is 5.57. The Kier molecular flexibility index (Phi) is 8.46.